The molecule has 0 aromatic heterocycles. The maximum Gasteiger partial charge on any atom is 0.0379 e. The van der Waals surface area contributed by atoms with Gasteiger partial charge in [-0.3, -0.25) is 4.99 Å². The van der Waals surface area contributed by atoms with Gasteiger partial charge in [-0.05, 0) is 19.9 Å². The SMILES string of the molecule is C=C(Br)/C=C(C)\N=C\C. The van der Waals surface area contributed by atoms with Gasteiger partial charge < -0.3 is 0 Å². The zero-order valence-corrected chi connectivity index (χ0v) is 7.27. The molecule has 0 N–H and O–H groups in total. The van der Waals surface area contributed by atoms with Gasteiger partial charge in [0.25, 0.3) is 0 Å². The van der Waals surface area contributed by atoms with Crippen LogP contribution in [0.5, 0.6) is 0 Å². The molecular formula is C7H10BrN. The molecule has 1 nitrogen and oxygen atoms in total. The topological polar surface area (TPSA) is 12.4 Å². The van der Waals surface area contributed by atoms with Crippen molar-refractivity contribution in [1.29, 1.82) is 0 Å². The first-order valence-corrected chi connectivity index (χ1v) is 3.47. The van der Waals surface area contributed by atoms with Crippen molar-refractivity contribution in [2.45, 2.75) is 13.8 Å². The van der Waals surface area contributed by atoms with Gasteiger partial charge in [-0.15, -0.1) is 0 Å². The van der Waals surface area contributed by atoms with Crippen molar-refractivity contribution in [3.8, 4) is 0 Å². The maximum atomic E-state index is 4.01. The first-order chi connectivity index (χ1) is 4.16. The third kappa shape index (κ3) is 5.50. The van der Waals surface area contributed by atoms with E-state index >= 15 is 0 Å². The van der Waals surface area contributed by atoms with Crippen LogP contribution in [-0.2, 0) is 0 Å². The summed E-state index contributed by atoms with van der Waals surface area (Å²) in [5.41, 5.74) is 0.958. The highest BCUT2D eigenvalue weighted by molar-refractivity contribution is 9.11. The Balaban J connectivity index is 4.00. The summed E-state index contributed by atoms with van der Waals surface area (Å²) < 4.78 is 0.852. The van der Waals surface area contributed by atoms with Crippen molar-refractivity contribution >= 4 is 22.1 Å². The minimum atomic E-state index is 0.852. The average molecular weight is 188 g/mol. The summed E-state index contributed by atoms with van der Waals surface area (Å²) in [5.74, 6) is 0. The molecule has 0 aromatic carbocycles. The van der Waals surface area contributed by atoms with E-state index in [0.717, 1.165) is 10.2 Å². The van der Waals surface area contributed by atoms with Crippen LogP contribution in [0, 0.1) is 0 Å². The van der Waals surface area contributed by atoms with Crippen LogP contribution in [0.15, 0.2) is 27.8 Å². The first-order valence-electron chi connectivity index (χ1n) is 2.68. The smallest absolute Gasteiger partial charge is 0.0379 e. The lowest BCUT2D eigenvalue weighted by Gasteiger charge is -1.87. The minimum Gasteiger partial charge on any atom is -0.266 e. The summed E-state index contributed by atoms with van der Waals surface area (Å²) in [6.07, 6.45) is 3.61. The molecule has 0 heterocycles. The van der Waals surface area contributed by atoms with Crippen molar-refractivity contribution in [1.82, 2.24) is 0 Å². The summed E-state index contributed by atoms with van der Waals surface area (Å²) in [6, 6.07) is 0. The second-order valence-electron chi connectivity index (χ2n) is 1.62. The average Bonchev–Trinajstić information content (AvgIpc) is 1.63. The van der Waals surface area contributed by atoms with Crippen molar-refractivity contribution in [2.75, 3.05) is 0 Å². The zero-order chi connectivity index (χ0) is 7.28. The van der Waals surface area contributed by atoms with E-state index in [2.05, 4.69) is 27.5 Å². The molecule has 9 heavy (non-hydrogen) atoms. The van der Waals surface area contributed by atoms with Crippen LogP contribution < -0.4 is 0 Å². The molecule has 0 radical (unpaired) electrons. The molecule has 2 heteroatoms. The molecule has 0 amide bonds. The fourth-order valence-electron chi connectivity index (χ4n) is 0.468. The van der Waals surface area contributed by atoms with Crippen LogP contribution >= 0.6 is 15.9 Å². The van der Waals surface area contributed by atoms with Crippen LogP contribution in [0.3, 0.4) is 0 Å². The van der Waals surface area contributed by atoms with E-state index in [1.165, 1.54) is 0 Å². The Bertz CT molecular complexity index is 156. The number of hydrogen-bond acceptors (Lipinski definition) is 1. The monoisotopic (exact) mass is 187 g/mol. The lowest BCUT2D eigenvalue weighted by atomic mass is 10.4. The van der Waals surface area contributed by atoms with Gasteiger partial charge in [0.1, 0.15) is 0 Å². The van der Waals surface area contributed by atoms with E-state index in [1.807, 2.05) is 19.9 Å². The normalized spacial score (nSPS) is 12.6. The molecule has 0 atom stereocenters. The van der Waals surface area contributed by atoms with Crippen molar-refractivity contribution in [3.63, 3.8) is 0 Å². The summed E-state index contributed by atoms with van der Waals surface area (Å²) >= 11 is 3.20. The van der Waals surface area contributed by atoms with Crippen LogP contribution in [-0.4, -0.2) is 6.21 Å². The number of halogens is 1. The Morgan fingerprint density at radius 3 is 2.56 bits per heavy atom. The second kappa shape index (κ2) is 4.50. The molecule has 0 bridgehead atoms. The molecular weight excluding hydrogens is 178 g/mol. The summed E-state index contributed by atoms with van der Waals surface area (Å²) in [6.45, 7) is 7.45. The van der Waals surface area contributed by atoms with E-state index in [1.54, 1.807) is 6.21 Å². The molecule has 0 aromatic rings. The maximum absolute atomic E-state index is 4.01. The Kier molecular flexibility index (Phi) is 4.32. The molecule has 0 aliphatic carbocycles. The number of allylic oxidation sites excluding steroid dienone is 3. The van der Waals surface area contributed by atoms with Crippen LogP contribution in [0.2, 0.25) is 0 Å². The molecule has 0 saturated carbocycles. The Morgan fingerprint density at radius 1 is 1.67 bits per heavy atom. The van der Waals surface area contributed by atoms with Crippen LogP contribution in [0.25, 0.3) is 0 Å². The Morgan fingerprint density at radius 2 is 2.22 bits per heavy atom. The second-order valence-corrected chi connectivity index (χ2v) is 2.64. The van der Waals surface area contributed by atoms with E-state index in [9.17, 15) is 0 Å². The van der Waals surface area contributed by atoms with Crippen LogP contribution in [0.4, 0.5) is 0 Å². The number of hydrogen-bond donors (Lipinski definition) is 0. The highest BCUT2D eigenvalue weighted by Crippen LogP contribution is 2.06. The van der Waals surface area contributed by atoms with E-state index in [0.29, 0.717) is 0 Å². The lowest BCUT2D eigenvalue weighted by molar-refractivity contribution is 1.31. The van der Waals surface area contributed by atoms with Gasteiger partial charge in [0.15, 0.2) is 0 Å². The molecule has 0 saturated heterocycles. The highest BCUT2D eigenvalue weighted by Gasteiger charge is 1.81. The molecule has 0 rings (SSSR count). The predicted octanol–water partition coefficient (Wildman–Crippen LogP) is 2.89. The summed E-state index contributed by atoms with van der Waals surface area (Å²) in [4.78, 5) is 4.01. The molecule has 0 aliphatic rings. The number of aliphatic imine (C=N–C) groups is 1. The Labute approximate surface area is 64.3 Å². The molecule has 0 spiro atoms. The van der Waals surface area contributed by atoms with E-state index < -0.39 is 0 Å². The quantitative estimate of drug-likeness (QED) is 0.466. The largest absolute Gasteiger partial charge is 0.266 e. The van der Waals surface area contributed by atoms with Crippen molar-refractivity contribution in [2.24, 2.45) is 4.99 Å². The fraction of sp³-hybridized carbons (Fsp3) is 0.286. The third-order valence-corrected chi connectivity index (χ3v) is 0.927. The highest BCUT2D eigenvalue weighted by atomic mass is 79.9. The van der Waals surface area contributed by atoms with Gasteiger partial charge in [-0.25, -0.2) is 0 Å². The summed E-state index contributed by atoms with van der Waals surface area (Å²) in [7, 11) is 0. The van der Waals surface area contributed by atoms with Gasteiger partial charge in [-0.2, -0.15) is 0 Å². The Hall–Kier alpha value is -0.370. The van der Waals surface area contributed by atoms with Crippen LogP contribution in [0.1, 0.15) is 13.8 Å². The minimum absolute atomic E-state index is 0.852. The molecule has 0 unspecified atom stereocenters. The third-order valence-electron chi connectivity index (χ3n) is 0.698. The van der Waals surface area contributed by atoms with Gasteiger partial charge >= 0.3 is 0 Å². The zero-order valence-electron chi connectivity index (χ0n) is 5.69. The molecule has 50 valence electrons. The van der Waals surface area contributed by atoms with Gasteiger partial charge in [0, 0.05) is 16.4 Å². The predicted molar refractivity (Wildman–Crippen MR) is 46.0 cm³/mol. The molecule has 0 fully saturated rings. The van der Waals surface area contributed by atoms with Crippen molar-refractivity contribution < 1.29 is 0 Å². The lowest BCUT2D eigenvalue weighted by Crippen LogP contribution is -1.68. The summed E-state index contributed by atoms with van der Waals surface area (Å²) in [5, 5.41) is 0. The van der Waals surface area contributed by atoms with Gasteiger partial charge in [0.2, 0.25) is 0 Å². The van der Waals surface area contributed by atoms with Crippen molar-refractivity contribution in [3.05, 3.63) is 22.8 Å². The fourth-order valence-corrected chi connectivity index (χ4v) is 0.799. The standard InChI is InChI=1S/C7H10BrN/c1-4-9-7(3)5-6(2)8/h4-5H,2H2,1,3H3/b7-5-,9-4+. The number of nitrogens with zero attached hydrogens (tertiary/aromatic N) is 1. The van der Waals surface area contributed by atoms with Gasteiger partial charge in [0.05, 0.1) is 0 Å². The van der Waals surface area contributed by atoms with E-state index in [-0.39, 0.29) is 0 Å². The van der Waals surface area contributed by atoms with E-state index in [4.69, 9.17) is 0 Å². The first kappa shape index (κ1) is 8.63. The van der Waals surface area contributed by atoms with Gasteiger partial charge in [-0.1, -0.05) is 22.5 Å². The number of rotatable bonds is 2. The molecule has 0 aliphatic heterocycles.